The van der Waals surface area contributed by atoms with Gasteiger partial charge in [0.2, 0.25) is 5.91 Å². The van der Waals surface area contributed by atoms with E-state index in [-0.39, 0.29) is 5.91 Å². The zero-order valence-electron chi connectivity index (χ0n) is 17.9. The Kier molecular flexibility index (Phi) is 4.85. The van der Waals surface area contributed by atoms with Crippen molar-refractivity contribution in [2.75, 3.05) is 31.1 Å². The van der Waals surface area contributed by atoms with Crippen LogP contribution < -0.4 is 4.90 Å². The van der Waals surface area contributed by atoms with Crippen LogP contribution in [0.2, 0.25) is 0 Å². The highest BCUT2D eigenvalue weighted by Crippen LogP contribution is 2.41. The molecule has 2 aliphatic rings. The second-order valence-electron chi connectivity index (χ2n) is 9.27. The first kappa shape index (κ1) is 20.2. The molecule has 5 rings (SSSR count). The lowest BCUT2D eigenvalue weighted by Crippen LogP contribution is -2.43. The molecule has 0 atom stereocenters. The molecule has 4 nitrogen and oxygen atoms in total. The lowest BCUT2D eigenvalue weighted by molar-refractivity contribution is -0.122. The Hall–Kier alpha value is -2.73. The predicted octanol–water partition coefficient (Wildman–Crippen LogP) is 4.95. The van der Waals surface area contributed by atoms with Crippen LogP contribution in [0, 0.1) is 11.6 Å². The smallest absolute Gasteiger partial charge is 0.237 e. The average molecular weight is 424 g/mol. The number of hydrogen-bond donors (Lipinski definition) is 1. The van der Waals surface area contributed by atoms with Crippen LogP contribution in [0.4, 0.5) is 14.5 Å². The van der Waals surface area contributed by atoms with Crippen LogP contribution in [0.1, 0.15) is 43.7 Å². The molecular weight excluding hydrogens is 396 g/mol. The molecule has 0 unspecified atom stereocenters. The van der Waals surface area contributed by atoms with Gasteiger partial charge in [-0.2, -0.15) is 0 Å². The van der Waals surface area contributed by atoms with Gasteiger partial charge in [-0.1, -0.05) is 18.2 Å². The monoisotopic (exact) mass is 423 g/mol. The standard InChI is InChI=1S/C25H27F2N3O/c1-25(2)19-5-3-4-6-23(19)30(24(25)31)12-11-29-9-7-16(8-10-29)18-15-28-22-14-21(27)20(26)13-17(18)22/h3-6,13-16,28H,7-12H2,1-2H3. The van der Waals surface area contributed by atoms with E-state index >= 15 is 0 Å². The number of carbonyl (C=O) groups is 1. The first-order valence-electron chi connectivity index (χ1n) is 11.0. The Bertz CT molecular complexity index is 1140. The van der Waals surface area contributed by atoms with Crippen LogP contribution in [0.5, 0.6) is 0 Å². The van der Waals surface area contributed by atoms with Crippen molar-refractivity contribution in [2.24, 2.45) is 0 Å². The predicted molar refractivity (Wildman–Crippen MR) is 118 cm³/mol. The van der Waals surface area contributed by atoms with Crippen LogP contribution in [-0.2, 0) is 10.2 Å². The maximum atomic E-state index is 13.7. The van der Waals surface area contributed by atoms with Gasteiger partial charge in [0.25, 0.3) is 0 Å². The number of fused-ring (bicyclic) bond motifs is 2. The maximum Gasteiger partial charge on any atom is 0.237 e. The minimum absolute atomic E-state index is 0.164. The van der Waals surface area contributed by atoms with Gasteiger partial charge < -0.3 is 14.8 Å². The van der Waals surface area contributed by atoms with Crippen molar-refractivity contribution in [3.05, 3.63) is 65.4 Å². The molecule has 0 spiro atoms. The van der Waals surface area contributed by atoms with Crippen LogP contribution in [0.25, 0.3) is 10.9 Å². The van der Waals surface area contributed by atoms with E-state index in [1.54, 1.807) is 0 Å². The number of aromatic nitrogens is 1. The Morgan fingerprint density at radius 3 is 2.55 bits per heavy atom. The minimum atomic E-state index is -0.822. The topological polar surface area (TPSA) is 39.3 Å². The molecule has 0 radical (unpaired) electrons. The number of nitrogens with one attached hydrogen (secondary N) is 1. The molecule has 6 heteroatoms. The molecular formula is C25H27F2N3O. The molecule has 31 heavy (non-hydrogen) atoms. The normalized spacial score (nSPS) is 19.4. The summed E-state index contributed by atoms with van der Waals surface area (Å²) in [5, 5.41) is 0.777. The molecule has 1 amide bonds. The average Bonchev–Trinajstić information content (AvgIpc) is 3.24. The van der Waals surface area contributed by atoms with E-state index in [0.717, 1.165) is 54.7 Å². The molecule has 3 aromatic rings. The van der Waals surface area contributed by atoms with Crippen molar-refractivity contribution in [3.63, 3.8) is 0 Å². The second kappa shape index (κ2) is 7.45. The van der Waals surface area contributed by atoms with Gasteiger partial charge in [-0.05, 0) is 69.0 Å². The Morgan fingerprint density at radius 2 is 1.77 bits per heavy atom. The summed E-state index contributed by atoms with van der Waals surface area (Å²) in [6.07, 6.45) is 3.82. The molecule has 1 fully saturated rings. The highest BCUT2D eigenvalue weighted by atomic mass is 19.2. The van der Waals surface area contributed by atoms with E-state index in [2.05, 4.69) is 16.0 Å². The van der Waals surface area contributed by atoms with Crippen LogP contribution in [-0.4, -0.2) is 42.0 Å². The number of halogens is 2. The van der Waals surface area contributed by atoms with Gasteiger partial charge in [0, 0.05) is 41.9 Å². The van der Waals surface area contributed by atoms with E-state index in [1.807, 2.05) is 43.1 Å². The number of nitrogens with zero attached hydrogens (tertiary/aromatic N) is 2. The van der Waals surface area contributed by atoms with Crippen molar-refractivity contribution >= 4 is 22.5 Å². The Morgan fingerprint density at radius 1 is 1.06 bits per heavy atom. The third-order valence-electron chi connectivity index (χ3n) is 7.07. The van der Waals surface area contributed by atoms with Gasteiger partial charge in [-0.3, -0.25) is 4.79 Å². The lowest BCUT2D eigenvalue weighted by Gasteiger charge is -2.33. The Labute approximate surface area is 180 Å². The number of aromatic amines is 1. The maximum absolute atomic E-state index is 13.7. The minimum Gasteiger partial charge on any atom is -0.361 e. The van der Waals surface area contributed by atoms with Gasteiger partial charge in [-0.15, -0.1) is 0 Å². The molecule has 2 aromatic carbocycles. The molecule has 1 N–H and O–H groups in total. The van der Waals surface area contributed by atoms with E-state index < -0.39 is 17.0 Å². The molecule has 1 aromatic heterocycles. The molecule has 0 saturated carbocycles. The third kappa shape index (κ3) is 3.33. The number of carbonyl (C=O) groups excluding carboxylic acids is 1. The van der Waals surface area contributed by atoms with Crippen LogP contribution in [0.15, 0.2) is 42.6 Å². The van der Waals surface area contributed by atoms with Crippen molar-refractivity contribution in [1.82, 2.24) is 9.88 Å². The fourth-order valence-corrected chi connectivity index (χ4v) is 5.21. The first-order chi connectivity index (χ1) is 14.9. The molecule has 2 aliphatic heterocycles. The zero-order valence-corrected chi connectivity index (χ0v) is 17.9. The summed E-state index contributed by atoms with van der Waals surface area (Å²) in [4.78, 5) is 20.4. The van der Waals surface area contributed by atoms with E-state index in [9.17, 15) is 13.6 Å². The summed E-state index contributed by atoms with van der Waals surface area (Å²) in [7, 11) is 0. The van der Waals surface area contributed by atoms with E-state index in [4.69, 9.17) is 0 Å². The van der Waals surface area contributed by atoms with E-state index in [1.165, 1.54) is 12.1 Å². The number of para-hydroxylation sites is 1. The summed E-state index contributed by atoms with van der Waals surface area (Å²) in [6, 6.07) is 10.6. The summed E-state index contributed by atoms with van der Waals surface area (Å²) in [6.45, 7) is 7.35. The summed E-state index contributed by atoms with van der Waals surface area (Å²) in [5.41, 5.74) is 3.36. The van der Waals surface area contributed by atoms with Gasteiger partial charge in [0.15, 0.2) is 11.6 Å². The number of likely N-dealkylation sites (tertiary alicyclic amines) is 1. The Balaban J connectivity index is 1.23. The second-order valence-corrected chi connectivity index (χ2v) is 9.27. The lowest BCUT2D eigenvalue weighted by atomic mass is 9.86. The van der Waals surface area contributed by atoms with E-state index in [0.29, 0.717) is 18.0 Å². The van der Waals surface area contributed by atoms with Gasteiger partial charge >= 0.3 is 0 Å². The highest BCUT2D eigenvalue weighted by molar-refractivity contribution is 6.07. The van der Waals surface area contributed by atoms with Crippen LogP contribution >= 0.6 is 0 Å². The molecule has 0 bridgehead atoms. The summed E-state index contributed by atoms with van der Waals surface area (Å²) in [5.74, 6) is -1.14. The molecule has 1 saturated heterocycles. The SMILES string of the molecule is CC1(C)C(=O)N(CCN2CCC(c3c[nH]c4cc(F)c(F)cc34)CC2)c2ccccc21. The number of benzene rings is 2. The van der Waals surface area contributed by atoms with Gasteiger partial charge in [-0.25, -0.2) is 8.78 Å². The largest absolute Gasteiger partial charge is 0.361 e. The van der Waals surface area contributed by atoms with Crippen molar-refractivity contribution < 1.29 is 13.6 Å². The molecule has 3 heterocycles. The fraction of sp³-hybridized carbons (Fsp3) is 0.400. The quantitative estimate of drug-likeness (QED) is 0.645. The number of piperidine rings is 1. The molecule has 162 valence electrons. The first-order valence-corrected chi connectivity index (χ1v) is 11.0. The zero-order chi connectivity index (χ0) is 21.8. The van der Waals surface area contributed by atoms with Crippen molar-refractivity contribution in [3.8, 4) is 0 Å². The van der Waals surface area contributed by atoms with Crippen LogP contribution in [0.3, 0.4) is 0 Å². The van der Waals surface area contributed by atoms with Crippen molar-refractivity contribution in [1.29, 1.82) is 0 Å². The number of amides is 1. The van der Waals surface area contributed by atoms with Gasteiger partial charge in [0.05, 0.1) is 5.41 Å². The fourth-order valence-electron chi connectivity index (χ4n) is 5.21. The number of H-pyrrole nitrogens is 1. The van der Waals surface area contributed by atoms with Gasteiger partial charge in [0.1, 0.15) is 0 Å². The summed E-state index contributed by atoms with van der Waals surface area (Å²) < 4.78 is 27.2. The highest BCUT2D eigenvalue weighted by Gasteiger charge is 2.43. The third-order valence-corrected chi connectivity index (χ3v) is 7.07. The number of anilines is 1. The number of hydrogen-bond acceptors (Lipinski definition) is 2. The summed E-state index contributed by atoms with van der Waals surface area (Å²) >= 11 is 0. The molecule has 0 aliphatic carbocycles. The van der Waals surface area contributed by atoms with Crippen molar-refractivity contribution in [2.45, 2.75) is 38.0 Å². The number of rotatable bonds is 4.